The van der Waals surface area contributed by atoms with Crippen molar-refractivity contribution in [3.05, 3.63) is 41.5 Å². The van der Waals surface area contributed by atoms with Crippen molar-refractivity contribution in [1.29, 1.82) is 0 Å². The molecule has 2 aromatic carbocycles. The second kappa shape index (κ2) is 3.14. The molecule has 0 spiro atoms. The number of phenolic OH excluding ortho intramolecular Hbond substituents is 1. The molecule has 0 heterocycles. The molecule has 0 aliphatic carbocycles. The largest absolute Gasteiger partial charge is 0.507 e. The van der Waals surface area contributed by atoms with Crippen molar-refractivity contribution in [3.8, 4) is 5.75 Å². The molecule has 0 saturated heterocycles. The molecular weight excluding hydrogens is 176 g/mol. The number of rotatable bonds is 1. The number of hydrogen-bond donors (Lipinski definition) is 1. The average Bonchev–Trinajstić information content (AvgIpc) is 2.16. The standard InChI is InChI=1S/C12H10O2/c1-8-2-3-9-5-11(7-13)12(14)6-10(9)4-8/h2-7,14H,1H3. The molecule has 14 heavy (non-hydrogen) atoms. The normalized spacial score (nSPS) is 10.4. The van der Waals surface area contributed by atoms with Crippen LogP contribution in [0.1, 0.15) is 15.9 Å². The first-order valence-corrected chi connectivity index (χ1v) is 4.39. The van der Waals surface area contributed by atoms with Crippen molar-refractivity contribution < 1.29 is 9.90 Å². The van der Waals surface area contributed by atoms with Gasteiger partial charge in [-0.1, -0.05) is 23.8 Å². The van der Waals surface area contributed by atoms with Crippen LogP contribution in [0.25, 0.3) is 10.8 Å². The summed E-state index contributed by atoms with van der Waals surface area (Å²) >= 11 is 0. The van der Waals surface area contributed by atoms with E-state index in [2.05, 4.69) is 0 Å². The van der Waals surface area contributed by atoms with E-state index in [0.717, 1.165) is 16.3 Å². The summed E-state index contributed by atoms with van der Waals surface area (Å²) in [4.78, 5) is 10.6. The van der Waals surface area contributed by atoms with E-state index < -0.39 is 0 Å². The van der Waals surface area contributed by atoms with E-state index >= 15 is 0 Å². The summed E-state index contributed by atoms with van der Waals surface area (Å²) in [7, 11) is 0. The van der Waals surface area contributed by atoms with E-state index in [9.17, 15) is 9.90 Å². The summed E-state index contributed by atoms with van der Waals surface area (Å²) in [5.41, 5.74) is 1.47. The minimum Gasteiger partial charge on any atom is -0.507 e. The highest BCUT2D eigenvalue weighted by atomic mass is 16.3. The minimum atomic E-state index is 0.0399. The lowest BCUT2D eigenvalue weighted by atomic mass is 10.0. The van der Waals surface area contributed by atoms with Gasteiger partial charge in [0.05, 0.1) is 5.56 Å². The van der Waals surface area contributed by atoms with Crippen molar-refractivity contribution in [2.75, 3.05) is 0 Å². The summed E-state index contributed by atoms with van der Waals surface area (Å²) in [5.74, 6) is 0.0399. The van der Waals surface area contributed by atoms with Gasteiger partial charge in [-0.3, -0.25) is 4.79 Å². The lowest BCUT2D eigenvalue weighted by Gasteiger charge is -2.02. The molecule has 70 valence electrons. The quantitative estimate of drug-likeness (QED) is 0.695. The smallest absolute Gasteiger partial charge is 0.153 e. The average molecular weight is 186 g/mol. The molecule has 1 N–H and O–H groups in total. The second-order valence-electron chi connectivity index (χ2n) is 3.38. The fraction of sp³-hybridized carbons (Fsp3) is 0.0833. The lowest BCUT2D eigenvalue weighted by Crippen LogP contribution is -1.83. The number of hydrogen-bond acceptors (Lipinski definition) is 2. The molecule has 2 nitrogen and oxygen atoms in total. The zero-order valence-electron chi connectivity index (χ0n) is 7.82. The van der Waals surface area contributed by atoms with Gasteiger partial charge >= 0.3 is 0 Å². The van der Waals surface area contributed by atoms with Gasteiger partial charge < -0.3 is 5.11 Å². The maximum atomic E-state index is 10.6. The summed E-state index contributed by atoms with van der Waals surface area (Å²) in [5, 5.41) is 11.4. The predicted octanol–water partition coefficient (Wildman–Crippen LogP) is 2.67. The van der Waals surface area contributed by atoms with Crippen LogP contribution < -0.4 is 0 Å². The number of aldehydes is 1. The molecule has 0 bridgehead atoms. The molecule has 0 amide bonds. The molecule has 0 atom stereocenters. The Balaban J connectivity index is 2.79. The Kier molecular flexibility index (Phi) is 1.97. The number of carbonyl (C=O) groups is 1. The first-order valence-electron chi connectivity index (χ1n) is 4.39. The maximum absolute atomic E-state index is 10.6. The zero-order chi connectivity index (χ0) is 10.1. The van der Waals surface area contributed by atoms with Crippen LogP contribution in [0.15, 0.2) is 30.3 Å². The van der Waals surface area contributed by atoms with Crippen LogP contribution in [0, 0.1) is 6.92 Å². The zero-order valence-corrected chi connectivity index (χ0v) is 7.82. The number of carbonyl (C=O) groups excluding carboxylic acids is 1. The molecule has 0 fully saturated rings. The fourth-order valence-electron chi connectivity index (χ4n) is 1.52. The first kappa shape index (κ1) is 8.75. The Morgan fingerprint density at radius 2 is 1.93 bits per heavy atom. The van der Waals surface area contributed by atoms with Gasteiger partial charge in [-0.25, -0.2) is 0 Å². The van der Waals surface area contributed by atoms with Gasteiger partial charge in [-0.2, -0.15) is 0 Å². The van der Waals surface area contributed by atoms with Crippen LogP contribution in [0.3, 0.4) is 0 Å². The third-order valence-corrected chi connectivity index (χ3v) is 2.27. The molecule has 0 saturated carbocycles. The van der Waals surface area contributed by atoms with E-state index in [1.54, 1.807) is 12.1 Å². The van der Waals surface area contributed by atoms with Crippen molar-refractivity contribution in [3.63, 3.8) is 0 Å². The Labute approximate surface area is 81.8 Å². The van der Waals surface area contributed by atoms with E-state index in [-0.39, 0.29) is 5.75 Å². The van der Waals surface area contributed by atoms with Crippen molar-refractivity contribution in [2.24, 2.45) is 0 Å². The highest BCUT2D eigenvalue weighted by Gasteiger charge is 2.02. The maximum Gasteiger partial charge on any atom is 0.153 e. The van der Waals surface area contributed by atoms with Crippen LogP contribution in [0.4, 0.5) is 0 Å². The number of fused-ring (bicyclic) bond motifs is 1. The molecule has 0 aromatic heterocycles. The van der Waals surface area contributed by atoms with Crippen LogP contribution in [-0.4, -0.2) is 11.4 Å². The molecule has 0 unspecified atom stereocenters. The topological polar surface area (TPSA) is 37.3 Å². The lowest BCUT2D eigenvalue weighted by molar-refractivity contribution is 0.112. The summed E-state index contributed by atoms with van der Waals surface area (Å²) in [6.07, 6.45) is 0.661. The van der Waals surface area contributed by atoms with Crippen LogP contribution in [0.2, 0.25) is 0 Å². The second-order valence-corrected chi connectivity index (χ2v) is 3.38. The Bertz CT molecular complexity index is 501. The molecule has 2 rings (SSSR count). The molecule has 0 aliphatic rings. The number of benzene rings is 2. The van der Waals surface area contributed by atoms with Gasteiger partial charge in [-0.15, -0.1) is 0 Å². The number of phenols is 1. The van der Waals surface area contributed by atoms with Crippen LogP contribution in [0.5, 0.6) is 5.75 Å². The monoisotopic (exact) mass is 186 g/mol. The van der Waals surface area contributed by atoms with Gasteiger partial charge in [0.15, 0.2) is 6.29 Å². The minimum absolute atomic E-state index is 0.0399. The van der Waals surface area contributed by atoms with E-state index in [1.165, 1.54) is 0 Å². The van der Waals surface area contributed by atoms with Gasteiger partial charge in [-0.05, 0) is 29.8 Å². The summed E-state index contributed by atoms with van der Waals surface area (Å²) in [6.45, 7) is 1.99. The third-order valence-electron chi connectivity index (χ3n) is 2.27. The summed E-state index contributed by atoms with van der Waals surface area (Å²) < 4.78 is 0. The third kappa shape index (κ3) is 1.35. The predicted molar refractivity (Wildman–Crippen MR) is 55.7 cm³/mol. The van der Waals surface area contributed by atoms with Gasteiger partial charge in [0.25, 0.3) is 0 Å². The molecule has 0 radical (unpaired) electrons. The van der Waals surface area contributed by atoms with Gasteiger partial charge in [0, 0.05) is 0 Å². The van der Waals surface area contributed by atoms with E-state index in [0.29, 0.717) is 11.8 Å². The van der Waals surface area contributed by atoms with E-state index in [4.69, 9.17) is 0 Å². The van der Waals surface area contributed by atoms with Crippen molar-refractivity contribution in [1.82, 2.24) is 0 Å². The number of aryl methyl sites for hydroxylation is 1. The molecular formula is C12H10O2. The van der Waals surface area contributed by atoms with Crippen LogP contribution >= 0.6 is 0 Å². The Morgan fingerprint density at radius 3 is 2.64 bits per heavy atom. The van der Waals surface area contributed by atoms with Crippen molar-refractivity contribution in [2.45, 2.75) is 6.92 Å². The summed E-state index contributed by atoms with van der Waals surface area (Å²) in [6, 6.07) is 9.21. The number of aromatic hydroxyl groups is 1. The highest BCUT2D eigenvalue weighted by Crippen LogP contribution is 2.24. The fourth-order valence-corrected chi connectivity index (χ4v) is 1.52. The SMILES string of the molecule is Cc1ccc2cc(C=O)c(O)cc2c1. The molecule has 0 aliphatic heterocycles. The highest BCUT2D eigenvalue weighted by molar-refractivity contribution is 5.92. The van der Waals surface area contributed by atoms with Gasteiger partial charge in [0.2, 0.25) is 0 Å². The van der Waals surface area contributed by atoms with E-state index in [1.807, 2.05) is 25.1 Å². The van der Waals surface area contributed by atoms with Crippen molar-refractivity contribution >= 4 is 17.1 Å². The molecule has 2 aromatic rings. The van der Waals surface area contributed by atoms with Crippen LogP contribution in [-0.2, 0) is 0 Å². The Morgan fingerprint density at radius 1 is 1.14 bits per heavy atom. The van der Waals surface area contributed by atoms with Gasteiger partial charge in [0.1, 0.15) is 5.75 Å². The Hall–Kier alpha value is -1.83. The first-order chi connectivity index (χ1) is 6.70. The molecule has 2 heteroatoms.